The molecular weight excluding hydrogens is 437 g/mol. The van der Waals surface area contributed by atoms with Crippen molar-refractivity contribution in [2.45, 2.75) is 51.6 Å². The number of hydrogen-bond acceptors (Lipinski definition) is 5. The van der Waals surface area contributed by atoms with Crippen LogP contribution in [0.15, 0.2) is 36.5 Å². The molecule has 2 atom stereocenters. The maximum absolute atomic E-state index is 13.6. The van der Waals surface area contributed by atoms with Crippen molar-refractivity contribution in [2.75, 3.05) is 24.1 Å². The summed E-state index contributed by atoms with van der Waals surface area (Å²) in [5, 5.41) is 2.62. The fourth-order valence-corrected chi connectivity index (χ4v) is 4.39. The molecule has 1 unspecified atom stereocenters. The van der Waals surface area contributed by atoms with E-state index in [2.05, 4.69) is 10.3 Å². The van der Waals surface area contributed by atoms with E-state index in [0.717, 1.165) is 18.4 Å². The normalized spacial score (nSPS) is 20.2. The Bertz CT molecular complexity index is 1090. The number of pyridine rings is 1. The number of halogens is 1. The highest BCUT2D eigenvalue weighted by Crippen LogP contribution is 2.35. The van der Waals surface area contributed by atoms with Crippen molar-refractivity contribution in [2.24, 2.45) is 5.92 Å². The molecule has 1 aromatic heterocycles. The van der Waals surface area contributed by atoms with E-state index in [1.807, 2.05) is 13.8 Å². The first-order valence-corrected chi connectivity index (χ1v) is 11.7. The summed E-state index contributed by atoms with van der Waals surface area (Å²) in [5.41, 5.74) is 7.65. The van der Waals surface area contributed by atoms with Crippen molar-refractivity contribution >= 4 is 29.2 Å². The van der Waals surface area contributed by atoms with Gasteiger partial charge >= 0.3 is 11.8 Å². The van der Waals surface area contributed by atoms with E-state index in [-0.39, 0.29) is 25.0 Å². The van der Waals surface area contributed by atoms with Gasteiger partial charge in [-0.15, -0.1) is 0 Å². The van der Waals surface area contributed by atoms with Crippen molar-refractivity contribution < 1.29 is 18.8 Å². The summed E-state index contributed by atoms with van der Waals surface area (Å²) >= 11 is 0. The van der Waals surface area contributed by atoms with Gasteiger partial charge in [0.1, 0.15) is 11.6 Å². The quantitative estimate of drug-likeness (QED) is 0.658. The molecule has 0 radical (unpaired) electrons. The van der Waals surface area contributed by atoms with Gasteiger partial charge in [0.15, 0.2) is 0 Å². The van der Waals surface area contributed by atoms with Gasteiger partial charge in [-0.05, 0) is 61.4 Å². The SMILES string of the molecule is CCc1cc(NC(=O)C(=O)N2CC(C)N(C(=O)CC3CC3)C[C@@H]2c2ccc(F)cc2)cnc1N. The van der Waals surface area contributed by atoms with Gasteiger partial charge in [0, 0.05) is 25.6 Å². The number of carbonyl (C=O) groups is 3. The van der Waals surface area contributed by atoms with Crippen molar-refractivity contribution in [1.29, 1.82) is 0 Å². The van der Waals surface area contributed by atoms with Gasteiger partial charge in [-0.2, -0.15) is 0 Å². The molecule has 2 fully saturated rings. The highest BCUT2D eigenvalue weighted by Gasteiger charge is 2.40. The minimum Gasteiger partial charge on any atom is -0.383 e. The number of carbonyl (C=O) groups excluding carboxylic acids is 3. The maximum Gasteiger partial charge on any atom is 0.313 e. The molecule has 1 aliphatic carbocycles. The van der Waals surface area contributed by atoms with Crippen LogP contribution in [0.5, 0.6) is 0 Å². The molecule has 1 saturated heterocycles. The standard InChI is InChI=1S/C25H30FN5O3/c1-3-17-11-20(12-28-23(17)27)29-24(33)25(34)31-13-15(2)30(22(32)10-16-4-5-16)14-21(31)18-6-8-19(26)9-7-18/h6-9,11-12,15-16,21H,3-5,10,13-14H2,1-2H3,(H2,27,28)(H,29,33)/t15?,21-/m1/s1. The van der Waals surface area contributed by atoms with Crippen LogP contribution < -0.4 is 11.1 Å². The lowest BCUT2D eigenvalue weighted by Crippen LogP contribution is -2.58. The van der Waals surface area contributed by atoms with Gasteiger partial charge in [-0.25, -0.2) is 9.37 Å². The molecule has 2 aliphatic rings. The van der Waals surface area contributed by atoms with E-state index in [1.54, 1.807) is 23.1 Å². The highest BCUT2D eigenvalue weighted by atomic mass is 19.1. The molecule has 0 bridgehead atoms. The van der Waals surface area contributed by atoms with E-state index in [0.29, 0.717) is 35.8 Å². The number of hydrogen-bond donors (Lipinski definition) is 2. The number of nitrogen functional groups attached to an aromatic ring is 1. The summed E-state index contributed by atoms with van der Waals surface area (Å²) in [6.07, 6.45) is 4.68. The minimum atomic E-state index is -0.800. The van der Waals surface area contributed by atoms with Crippen LogP contribution in [0.3, 0.4) is 0 Å². The minimum absolute atomic E-state index is 0.0544. The summed E-state index contributed by atoms with van der Waals surface area (Å²) in [6.45, 7) is 4.25. The van der Waals surface area contributed by atoms with Crippen LogP contribution in [0.25, 0.3) is 0 Å². The lowest BCUT2D eigenvalue weighted by atomic mass is 9.98. The van der Waals surface area contributed by atoms with Gasteiger partial charge in [-0.3, -0.25) is 14.4 Å². The van der Waals surface area contributed by atoms with Gasteiger partial charge in [0.05, 0.1) is 17.9 Å². The average Bonchev–Trinajstić information content (AvgIpc) is 3.64. The van der Waals surface area contributed by atoms with E-state index in [1.165, 1.54) is 23.2 Å². The summed E-state index contributed by atoms with van der Waals surface area (Å²) < 4.78 is 13.6. The first-order valence-electron chi connectivity index (χ1n) is 11.7. The third-order valence-electron chi connectivity index (χ3n) is 6.57. The van der Waals surface area contributed by atoms with Gasteiger partial charge < -0.3 is 20.9 Å². The second-order valence-corrected chi connectivity index (χ2v) is 9.14. The third-order valence-corrected chi connectivity index (χ3v) is 6.57. The Hall–Kier alpha value is -3.49. The Morgan fingerprint density at radius 2 is 1.85 bits per heavy atom. The molecule has 3 N–H and O–H groups in total. The lowest BCUT2D eigenvalue weighted by molar-refractivity contribution is -0.151. The molecule has 9 heteroatoms. The van der Waals surface area contributed by atoms with Crippen LogP contribution in [0.2, 0.25) is 0 Å². The predicted molar refractivity (Wildman–Crippen MR) is 126 cm³/mol. The predicted octanol–water partition coefficient (Wildman–Crippen LogP) is 2.90. The first-order chi connectivity index (χ1) is 16.3. The van der Waals surface area contributed by atoms with Crippen LogP contribution in [-0.4, -0.2) is 51.6 Å². The van der Waals surface area contributed by atoms with E-state index < -0.39 is 23.7 Å². The van der Waals surface area contributed by atoms with Crippen LogP contribution >= 0.6 is 0 Å². The summed E-state index contributed by atoms with van der Waals surface area (Å²) in [5.74, 6) is -1.04. The van der Waals surface area contributed by atoms with Crippen LogP contribution in [-0.2, 0) is 20.8 Å². The molecule has 34 heavy (non-hydrogen) atoms. The first kappa shape index (κ1) is 23.7. The van der Waals surface area contributed by atoms with E-state index >= 15 is 0 Å². The Kier molecular flexibility index (Phi) is 6.81. The molecule has 8 nitrogen and oxygen atoms in total. The number of piperazine rings is 1. The van der Waals surface area contributed by atoms with Gasteiger partial charge in [0.25, 0.3) is 0 Å². The van der Waals surface area contributed by atoms with Crippen LogP contribution in [0, 0.1) is 11.7 Å². The van der Waals surface area contributed by atoms with Gasteiger partial charge in [-0.1, -0.05) is 19.1 Å². The van der Waals surface area contributed by atoms with Crippen LogP contribution in [0.4, 0.5) is 15.9 Å². The number of nitrogens with one attached hydrogen (secondary N) is 1. The number of aryl methyl sites for hydroxylation is 1. The molecule has 0 spiro atoms. The zero-order chi connectivity index (χ0) is 24.4. The molecule has 2 aromatic rings. The second-order valence-electron chi connectivity index (χ2n) is 9.14. The number of nitrogens with two attached hydrogens (primary N) is 1. The Morgan fingerprint density at radius 1 is 1.15 bits per heavy atom. The summed E-state index contributed by atoms with van der Waals surface area (Å²) in [6, 6.07) is 6.71. The second kappa shape index (κ2) is 9.79. The number of nitrogens with zero attached hydrogens (tertiary/aromatic N) is 3. The van der Waals surface area contributed by atoms with E-state index in [9.17, 15) is 18.8 Å². The third kappa shape index (κ3) is 5.18. The highest BCUT2D eigenvalue weighted by molar-refractivity contribution is 6.39. The fraction of sp³-hybridized carbons (Fsp3) is 0.440. The molecule has 4 rings (SSSR count). The molecule has 3 amide bonds. The summed E-state index contributed by atoms with van der Waals surface area (Å²) in [4.78, 5) is 46.4. The smallest absolute Gasteiger partial charge is 0.313 e. The van der Waals surface area contributed by atoms with Crippen molar-refractivity contribution in [3.8, 4) is 0 Å². The number of rotatable bonds is 5. The topological polar surface area (TPSA) is 109 Å². The fourth-order valence-electron chi connectivity index (χ4n) is 4.39. The number of aromatic nitrogens is 1. The molecule has 180 valence electrons. The largest absolute Gasteiger partial charge is 0.383 e. The Balaban J connectivity index is 1.55. The molecule has 1 aromatic carbocycles. The Labute approximate surface area is 198 Å². The van der Waals surface area contributed by atoms with Gasteiger partial charge in [0.2, 0.25) is 5.91 Å². The molecular formula is C25H30FN5O3. The number of anilines is 2. The average molecular weight is 468 g/mol. The molecule has 1 aliphatic heterocycles. The Morgan fingerprint density at radius 3 is 2.50 bits per heavy atom. The molecule has 2 heterocycles. The zero-order valence-electron chi connectivity index (χ0n) is 19.5. The summed E-state index contributed by atoms with van der Waals surface area (Å²) in [7, 11) is 0. The zero-order valence-corrected chi connectivity index (χ0v) is 19.5. The van der Waals surface area contributed by atoms with Crippen molar-refractivity contribution in [1.82, 2.24) is 14.8 Å². The number of amides is 3. The lowest BCUT2D eigenvalue weighted by Gasteiger charge is -2.45. The monoisotopic (exact) mass is 467 g/mol. The van der Waals surface area contributed by atoms with E-state index in [4.69, 9.17) is 5.73 Å². The van der Waals surface area contributed by atoms with Crippen LogP contribution in [0.1, 0.15) is 50.3 Å². The maximum atomic E-state index is 13.6. The number of benzene rings is 1. The van der Waals surface area contributed by atoms with Crippen molar-refractivity contribution in [3.63, 3.8) is 0 Å². The molecule has 1 saturated carbocycles. The van der Waals surface area contributed by atoms with Crippen molar-refractivity contribution in [3.05, 3.63) is 53.5 Å².